The SMILES string of the molecule is CC[C@H](C(=O)NC)N(Cc1ccc(Cl)cc1Cl)C(=O)CCc1ccc2c(c1)OCCO2. The summed E-state index contributed by atoms with van der Waals surface area (Å²) in [6.45, 7) is 3.15. The molecule has 6 nitrogen and oxygen atoms in total. The Kier molecular flexibility index (Phi) is 8.04. The van der Waals surface area contributed by atoms with Crippen LogP contribution in [0.25, 0.3) is 0 Å². The standard InChI is InChI=1S/C23H26Cl2N2O4/c1-3-19(23(29)26-2)27(14-16-6-7-17(24)13-18(16)25)22(28)9-5-15-4-8-20-21(12-15)31-11-10-30-20/h4,6-8,12-13,19H,3,5,9-11,14H2,1-2H3,(H,26,29)/t19-/m1/s1. The highest BCUT2D eigenvalue weighted by molar-refractivity contribution is 6.35. The van der Waals surface area contributed by atoms with E-state index in [0.29, 0.717) is 47.6 Å². The molecule has 0 spiro atoms. The second-order valence-corrected chi connectivity index (χ2v) is 8.12. The summed E-state index contributed by atoms with van der Waals surface area (Å²) in [7, 11) is 1.57. The van der Waals surface area contributed by atoms with Crippen LogP contribution in [0.1, 0.15) is 30.9 Å². The van der Waals surface area contributed by atoms with Crippen LogP contribution >= 0.6 is 23.2 Å². The van der Waals surface area contributed by atoms with Gasteiger partial charge in [-0.25, -0.2) is 0 Å². The Balaban J connectivity index is 1.77. The number of nitrogens with one attached hydrogen (secondary N) is 1. The highest BCUT2D eigenvalue weighted by atomic mass is 35.5. The van der Waals surface area contributed by atoms with Gasteiger partial charge in [-0.2, -0.15) is 0 Å². The van der Waals surface area contributed by atoms with Crippen LogP contribution in [0, 0.1) is 0 Å². The smallest absolute Gasteiger partial charge is 0.242 e. The summed E-state index contributed by atoms with van der Waals surface area (Å²) < 4.78 is 11.2. The van der Waals surface area contributed by atoms with Crippen LogP contribution in [0.5, 0.6) is 11.5 Å². The van der Waals surface area contributed by atoms with Gasteiger partial charge in [-0.1, -0.05) is 42.3 Å². The molecule has 1 heterocycles. The number of nitrogens with zero attached hydrogens (tertiary/aromatic N) is 1. The minimum absolute atomic E-state index is 0.128. The summed E-state index contributed by atoms with van der Waals surface area (Å²) >= 11 is 12.3. The van der Waals surface area contributed by atoms with E-state index >= 15 is 0 Å². The first-order chi connectivity index (χ1) is 14.9. The minimum atomic E-state index is -0.593. The van der Waals surface area contributed by atoms with Crippen LogP contribution in [0.2, 0.25) is 10.0 Å². The molecule has 1 aliphatic heterocycles. The number of halogens is 2. The predicted octanol–water partition coefficient (Wildman–Crippen LogP) is 4.25. The van der Waals surface area contributed by atoms with Crippen LogP contribution in [0.15, 0.2) is 36.4 Å². The Morgan fingerprint density at radius 1 is 1.10 bits per heavy atom. The van der Waals surface area contributed by atoms with Crippen molar-refractivity contribution >= 4 is 35.0 Å². The minimum Gasteiger partial charge on any atom is -0.486 e. The van der Waals surface area contributed by atoms with Crippen molar-refractivity contribution in [3.05, 3.63) is 57.6 Å². The third-order valence-electron chi connectivity index (χ3n) is 5.22. The number of rotatable bonds is 8. The largest absolute Gasteiger partial charge is 0.486 e. The Morgan fingerprint density at radius 3 is 2.52 bits per heavy atom. The number of carbonyl (C=O) groups is 2. The van der Waals surface area contributed by atoms with E-state index in [-0.39, 0.29) is 24.8 Å². The second-order valence-electron chi connectivity index (χ2n) is 7.27. The van der Waals surface area contributed by atoms with Crippen LogP contribution in [0.3, 0.4) is 0 Å². The van der Waals surface area contributed by atoms with Crippen LogP contribution in [0.4, 0.5) is 0 Å². The maximum Gasteiger partial charge on any atom is 0.242 e. The summed E-state index contributed by atoms with van der Waals surface area (Å²) in [6, 6.07) is 10.2. The lowest BCUT2D eigenvalue weighted by Gasteiger charge is -2.30. The van der Waals surface area contributed by atoms with Gasteiger partial charge in [0.15, 0.2) is 11.5 Å². The zero-order valence-corrected chi connectivity index (χ0v) is 19.1. The summed E-state index contributed by atoms with van der Waals surface area (Å²) in [5.41, 5.74) is 1.70. The Labute approximate surface area is 192 Å². The number of carbonyl (C=O) groups excluding carboxylic acids is 2. The van der Waals surface area contributed by atoms with Gasteiger partial charge in [-0.15, -0.1) is 0 Å². The van der Waals surface area contributed by atoms with Gasteiger partial charge in [0.1, 0.15) is 19.3 Å². The molecule has 0 unspecified atom stereocenters. The molecule has 0 saturated carbocycles. The van der Waals surface area contributed by atoms with Crippen molar-refractivity contribution in [3.63, 3.8) is 0 Å². The topological polar surface area (TPSA) is 67.9 Å². The van der Waals surface area contributed by atoms with Gasteiger partial charge in [-0.3, -0.25) is 9.59 Å². The summed E-state index contributed by atoms with van der Waals surface area (Å²) in [4.78, 5) is 27.3. The normalized spacial score (nSPS) is 13.4. The molecule has 0 fully saturated rings. The first-order valence-corrected chi connectivity index (χ1v) is 11.0. The second kappa shape index (κ2) is 10.7. The lowest BCUT2D eigenvalue weighted by atomic mass is 10.1. The average molecular weight is 465 g/mol. The van der Waals surface area contributed by atoms with Gasteiger partial charge in [0.2, 0.25) is 11.8 Å². The van der Waals surface area contributed by atoms with Crippen molar-refractivity contribution in [2.45, 2.75) is 38.8 Å². The third-order valence-corrected chi connectivity index (χ3v) is 5.81. The Morgan fingerprint density at radius 2 is 1.84 bits per heavy atom. The van der Waals surface area contributed by atoms with E-state index in [1.54, 1.807) is 30.1 Å². The number of ether oxygens (including phenoxy) is 2. The van der Waals surface area contributed by atoms with Crippen molar-refractivity contribution < 1.29 is 19.1 Å². The number of fused-ring (bicyclic) bond motifs is 1. The molecule has 1 atom stereocenters. The average Bonchev–Trinajstić information content (AvgIpc) is 2.78. The highest BCUT2D eigenvalue weighted by Gasteiger charge is 2.28. The molecule has 1 aliphatic rings. The van der Waals surface area contributed by atoms with E-state index in [2.05, 4.69) is 5.32 Å². The first kappa shape index (κ1) is 23.2. The molecule has 8 heteroatoms. The van der Waals surface area contributed by atoms with Gasteiger partial charge >= 0.3 is 0 Å². The van der Waals surface area contributed by atoms with E-state index in [4.69, 9.17) is 32.7 Å². The lowest BCUT2D eigenvalue weighted by Crippen LogP contribution is -2.48. The molecule has 0 radical (unpaired) electrons. The van der Waals surface area contributed by atoms with Gasteiger partial charge < -0.3 is 19.7 Å². The number of amides is 2. The monoisotopic (exact) mass is 464 g/mol. The number of hydrogen-bond acceptors (Lipinski definition) is 4. The zero-order valence-electron chi connectivity index (χ0n) is 17.6. The van der Waals surface area contributed by atoms with Gasteiger partial charge in [0.05, 0.1) is 0 Å². The van der Waals surface area contributed by atoms with E-state index in [0.717, 1.165) is 11.1 Å². The molecule has 3 rings (SSSR count). The van der Waals surface area contributed by atoms with E-state index in [9.17, 15) is 9.59 Å². The van der Waals surface area contributed by atoms with Crippen LogP contribution in [-0.2, 0) is 22.6 Å². The molecule has 0 bridgehead atoms. The zero-order chi connectivity index (χ0) is 22.4. The van der Waals surface area contributed by atoms with Gasteiger partial charge in [0, 0.05) is 30.1 Å². The summed E-state index contributed by atoms with van der Waals surface area (Å²) in [5.74, 6) is 1.07. The number of benzene rings is 2. The molecule has 0 aliphatic carbocycles. The van der Waals surface area contributed by atoms with Crippen molar-refractivity contribution in [3.8, 4) is 11.5 Å². The predicted molar refractivity (Wildman–Crippen MR) is 121 cm³/mol. The first-order valence-electron chi connectivity index (χ1n) is 10.3. The number of likely N-dealkylation sites (N-methyl/N-ethyl adjacent to an activating group) is 1. The quantitative estimate of drug-likeness (QED) is 0.633. The van der Waals surface area contributed by atoms with Crippen LogP contribution < -0.4 is 14.8 Å². The summed E-state index contributed by atoms with van der Waals surface area (Å²) in [5, 5.41) is 3.63. The van der Waals surface area contributed by atoms with Gasteiger partial charge in [0.25, 0.3) is 0 Å². The molecule has 2 aromatic carbocycles. The fourth-order valence-corrected chi connectivity index (χ4v) is 4.03. The molecule has 2 amide bonds. The fraction of sp³-hybridized carbons (Fsp3) is 0.391. The maximum absolute atomic E-state index is 13.2. The van der Waals surface area contributed by atoms with Crippen molar-refractivity contribution in [1.82, 2.24) is 10.2 Å². The molecule has 1 N–H and O–H groups in total. The van der Waals surface area contributed by atoms with E-state index in [1.165, 1.54) is 0 Å². The third kappa shape index (κ3) is 5.83. The molecular weight excluding hydrogens is 439 g/mol. The fourth-order valence-electron chi connectivity index (χ4n) is 3.56. The molecule has 31 heavy (non-hydrogen) atoms. The van der Waals surface area contributed by atoms with Crippen molar-refractivity contribution in [2.24, 2.45) is 0 Å². The highest BCUT2D eigenvalue weighted by Crippen LogP contribution is 2.31. The Bertz CT molecular complexity index is 951. The van der Waals surface area contributed by atoms with Crippen LogP contribution in [-0.4, -0.2) is 43.0 Å². The Hall–Kier alpha value is -2.44. The number of hydrogen-bond donors (Lipinski definition) is 1. The van der Waals surface area contributed by atoms with Crippen molar-refractivity contribution in [1.29, 1.82) is 0 Å². The van der Waals surface area contributed by atoms with Crippen molar-refractivity contribution in [2.75, 3.05) is 20.3 Å². The van der Waals surface area contributed by atoms with Gasteiger partial charge in [-0.05, 0) is 48.2 Å². The number of aryl methyl sites for hydroxylation is 1. The molecule has 0 aromatic heterocycles. The molecule has 2 aromatic rings. The molecular formula is C23H26Cl2N2O4. The molecule has 166 valence electrons. The van der Waals surface area contributed by atoms with E-state index < -0.39 is 6.04 Å². The maximum atomic E-state index is 13.2. The summed E-state index contributed by atoms with van der Waals surface area (Å²) in [6.07, 6.45) is 1.25. The molecule has 0 saturated heterocycles. The van der Waals surface area contributed by atoms with E-state index in [1.807, 2.05) is 25.1 Å². The lowest BCUT2D eigenvalue weighted by molar-refractivity contribution is -0.141.